The Kier molecular flexibility index (Phi) is 6.33. The average Bonchev–Trinajstić information content (AvgIpc) is 3.06. The molecule has 26 heavy (non-hydrogen) atoms. The van der Waals surface area contributed by atoms with Gasteiger partial charge >= 0.3 is 0 Å². The molecule has 2 aliphatic rings. The van der Waals surface area contributed by atoms with Gasteiger partial charge in [0, 0.05) is 71.0 Å². The molecule has 0 spiro atoms. The number of para-hydroxylation sites is 1. The Morgan fingerprint density at radius 1 is 1.08 bits per heavy atom. The molecule has 2 aromatic rings. The summed E-state index contributed by atoms with van der Waals surface area (Å²) in [6.45, 7) is 6.56. The van der Waals surface area contributed by atoms with E-state index in [0.717, 1.165) is 18.5 Å². The van der Waals surface area contributed by atoms with Crippen LogP contribution >= 0.6 is 0 Å². The van der Waals surface area contributed by atoms with Crippen molar-refractivity contribution in [1.29, 1.82) is 0 Å². The molecule has 0 aliphatic heterocycles. The Bertz CT molecular complexity index is 917. The van der Waals surface area contributed by atoms with Crippen LogP contribution in [0.4, 0.5) is 5.69 Å². The van der Waals surface area contributed by atoms with Crippen LogP contribution in [0.3, 0.4) is 0 Å². The Morgan fingerprint density at radius 2 is 1.81 bits per heavy atom. The van der Waals surface area contributed by atoms with Crippen LogP contribution in [0.25, 0.3) is 11.1 Å². The first-order chi connectivity index (χ1) is 12.2. The summed E-state index contributed by atoms with van der Waals surface area (Å²) in [5.74, 6) is 0.505. The van der Waals surface area contributed by atoms with E-state index in [4.69, 9.17) is 4.99 Å². The predicted octanol–water partition coefficient (Wildman–Crippen LogP) is 6.63. The number of aliphatic imine (C=N–C) groups is 1. The van der Waals surface area contributed by atoms with Gasteiger partial charge in [0.1, 0.15) is 0 Å². The van der Waals surface area contributed by atoms with Crippen LogP contribution in [-0.2, 0) is 0 Å². The van der Waals surface area contributed by atoms with Gasteiger partial charge in [0.15, 0.2) is 0 Å². The summed E-state index contributed by atoms with van der Waals surface area (Å²) in [5.41, 5.74) is 10.7. The Balaban J connectivity index is 0.00000196. The average molecular weight is 500 g/mol. The van der Waals surface area contributed by atoms with E-state index in [2.05, 4.69) is 81.8 Å². The van der Waals surface area contributed by atoms with Gasteiger partial charge in [-0.25, -0.2) is 0 Å². The van der Waals surface area contributed by atoms with Gasteiger partial charge in [-0.05, 0) is 31.4 Å². The van der Waals surface area contributed by atoms with Crippen molar-refractivity contribution in [1.82, 2.24) is 0 Å². The molecule has 0 bridgehead atoms. The molecule has 0 aromatic heterocycles. The van der Waals surface area contributed by atoms with Crippen molar-refractivity contribution in [2.24, 2.45) is 10.9 Å². The number of hydrogen-bond acceptors (Lipinski definition) is 1. The van der Waals surface area contributed by atoms with Crippen molar-refractivity contribution in [3.05, 3.63) is 83.3 Å². The van der Waals surface area contributed by atoms with Crippen molar-refractivity contribution >= 4 is 22.5 Å². The predicted molar refractivity (Wildman–Crippen MR) is 108 cm³/mol. The second-order valence-corrected chi connectivity index (χ2v) is 7.07. The maximum atomic E-state index is 5.08. The molecule has 1 atom stereocenters. The largest absolute Gasteiger partial charge is 0.257 e. The van der Waals surface area contributed by atoms with Crippen LogP contribution in [0, 0.1) is 59.3 Å². The second kappa shape index (κ2) is 8.33. The van der Waals surface area contributed by atoms with Crippen molar-refractivity contribution < 1.29 is 46.9 Å². The van der Waals surface area contributed by atoms with Crippen LogP contribution in [-0.4, -0.2) is 5.71 Å². The molecule has 0 saturated carbocycles. The summed E-state index contributed by atoms with van der Waals surface area (Å²) in [4.78, 5) is 5.08. The van der Waals surface area contributed by atoms with Gasteiger partial charge in [-0.15, -0.1) is 17.7 Å². The number of fused-ring (bicyclic) bond motifs is 2. The first-order valence-electron chi connectivity index (χ1n) is 9.12. The van der Waals surface area contributed by atoms with Gasteiger partial charge in [0.25, 0.3) is 0 Å². The van der Waals surface area contributed by atoms with E-state index in [1.807, 2.05) is 0 Å². The zero-order chi connectivity index (χ0) is 17.4. The van der Waals surface area contributed by atoms with E-state index >= 15 is 0 Å². The normalized spacial score (nSPS) is 20.3. The number of nitrogens with zero attached hydrogens (tertiary/aromatic N) is 1. The smallest absolute Gasteiger partial charge is 0.0704 e. The van der Waals surface area contributed by atoms with E-state index in [1.54, 1.807) is 5.57 Å². The molecule has 2 heteroatoms. The third-order valence-corrected chi connectivity index (χ3v) is 5.47. The minimum absolute atomic E-state index is 0. The summed E-state index contributed by atoms with van der Waals surface area (Å²) in [6.07, 6.45) is 6.54. The van der Waals surface area contributed by atoms with Crippen LogP contribution in [0.15, 0.2) is 65.2 Å². The minimum Gasteiger partial charge on any atom is -0.257 e. The number of allylic oxidation sites excluding steroid dienone is 4. The molecule has 2 aliphatic carbocycles. The first-order valence-corrected chi connectivity index (χ1v) is 9.12. The van der Waals surface area contributed by atoms with Gasteiger partial charge in [-0.3, -0.25) is 4.99 Å². The van der Waals surface area contributed by atoms with Crippen LogP contribution in [0.5, 0.6) is 0 Å². The number of rotatable bonds is 2. The molecule has 4 rings (SSSR count). The molecule has 0 fully saturated rings. The molecule has 1 nitrogen and oxygen atoms in total. The van der Waals surface area contributed by atoms with Gasteiger partial charge in [-0.2, -0.15) is 18.1 Å². The van der Waals surface area contributed by atoms with Crippen molar-refractivity contribution in [3.63, 3.8) is 0 Å². The molecule has 2 aromatic carbocycles. The Hall–Kier alpha value is -1.02. The standard InChI is InChI=1S/C24H24N.Yb/c1-4-16(2)20-10-7-8-12-24(20)25-19-14-22-17(3)13-18-9-5-6-11-21(18)23(22)15-19;/h4-13,17H,14-15H2,1-3H3;/q-1;/b16-4-,25-19?;. The molecule has 0 amide bonds. The molecule has 140 valence electrons. The van der Waals surface area contributed by atoms with E-state index in [1.165, 1.54) is 33.5 Å². The van der Waals surface area contributed by atoms with E-state index in [0.29, 0.717) is 5.92 Å². The summed E-state index contributed by atoms with van der Waals surface area (Å²) >= 11 is 0. The summed E-state index contributed by atoms with van der Waals surface area (Å²) in [5, 5.41) is 0. The van der Waals surface area contributed by atoms with Crippen molar-refractivity contribution in [3.8, 4) is 0 Å². The van der Waals surface area contributed by atoms with E-state index in [9.17, 15) is 0 Å². The van der Waals surface area contributed by atoms with Crippen LogP contribution in [0.1, 0.15) is 50.3 Å². The quantitative estimate of drug-likeness (QED) is 0.411. The zero-order valence-corrected chi connectivity index (χ0v) is 17.2. The van der Waals surface area contributed by atoms with E-state index < -0.39 is 0 Å². The molecular weight excluding hydrogens is 475 g/mol. The Labute approximate surface area is 195 Å². The molecular formula is C24H24NYb-. The SMILES string of the molecule is C/C=C(/C)c1ccccc1N=C1CC2=C(C1)C(C)[CH-]c1ccccc12.[Yb]. The minimum atomic E-state index is 0. The van der Waals surface area contributed by atoms with E-state index in [-0.39, 0.29) is 46.9 Å². The van der Waals surface area contributed by atoms with Gasteiger partial charge in [-0.1, -0.05) is 48.4 Å². The third kappa shape index (κ3) is 3.67. The molecule has 0 N–H and O–H groups in total. The Morgan fingerprint density at radius 3 is 2.62 bits per heavy atom. The van der Waals surface area contributed by atoms with Crippen LogP contribution < -0.4 is 0 Å². The van der Waals surface area contributed by atoms with Gasteiger partial charge in [0.05, 0.1) is 5.69 Å². The maximum Gasteiger partial charge on any atom is 0.0704 e. The zero-order valence-electron chi connectivity index (χ0n) is 15.5. The fourth-order valence-corrected chi connectivity index (χ4v) is 4.01. The monoisotopic (exact) mass is 500 g/mol. The third-order valence-electron chi connectivity index (χ3n) is 5.47. The molecule has 0 saturated heterocycles. The molecule has 0 radical (unpaired) electrons. The van der Waals surface area contributed by atoms with Gasteiger partial charge < -0.3 is 0 Å². The van der Waals surface area contributed by atoms with Gasteiger partial charge in [0.2, 0.25) is 0 Å². The maximum absolute atomic E-state index is 5.08. The van der Waals surface area contributed by atoms with Crippen molar-refractivity contribution in [2.45, 2.75) is 33.6 Å². The topological polar surface area (TPSA) is 12.4 Å². The van der Waals surface area contributed by atoms with Crippen LogP contribution in [0.2, 0.25) is 0 Å². The van der Waals surface area contributed by atoms with Crippen molar-refractivity contribution in [2.75, 3.05) is 0 Å². The fourth-order valence-electron chi connectivity index (χ4n) is 4.01. The fraction of sp³-hybridized carbons (Fsp3) is 0.250. The summed E-state index contributed by atoms with van der Waals surface area (Å²) < 4.78 is 0. The summed E-state index contributed by atoms with van der Waals surface area (Å²) in [7, 11) is 0. The summed E-state index contributed by atoms with van der Waals surface area (Å²) in [6, 6.07) is 17.3. The molecule has 0 heterocycles. The second-order valence-electron chi connectivity index (χ2n) is 7.07. The molecule has 1 unspecified atom stereocenters. The number of hydrogen-bond donors (Lipinski definition) is 0. The first kappa shape index (κ1) is 19.7. The number of benzene rings is 2.